The van der Waals surface area contributed by atoms with Crippen molar-refractivity contribution >= 4 is 29.2 Å². The van der Waals surface area contributed by atoms with Gasteiger partial charge in [-0.05, 0) is 12.1 Å². The van der Waals surface area contributed by atoms with Gasteiger partial charge in [-0.15, -0.1) is 0 Å². The molecule has 0 aliphatic carbocycles. The minimum Gasteiger partial charge on any atom is -0.398 e. The van der Waals surface area contributed by atoms with Crippen LogP contribution in [0.2, 0.25) is 0 Å². The van der Waals surface area contributed by atoms with E-state index < -0.39 is 0 Å². The lowest BCUT2D eigenvalue weighted by Crippen LogP contribution is -2.00. The highest BCUT2D eigenvalue weighted by molar-refractivity contribution is 7.99. The number of rotatable bonds is 2. The van der Waals surface area contributed by atoms with Crippen molar-refractivity contribution in [1.29, 1.82) is 0 Å². The van der Waals surface area contributed by atoms with Gasteiger partial charge in [0.1, 0.15) is 10.8 Å². The Morgan fingerprint density at radius 2 is 1.75 bits per heavy atom. The monoisotopic (exact) mass is 233 g/mol. The Balaban J connectivity index is 2.30. The minimum atomic E-state index is 0.164. The number of anilines is 3. The Hall–Kier alpha value is -1.95. The number of hydrogen-bond donors (Lipinski definition) is 3. The Morgan fingerprint density at radius 1 is 1.00 bits per heavy atom. The standard InChI is InChI=1S/C10H11N5S/c11-6-3-1-2-4-7(6)16-9-5-8(12)14-10(13)15-9/h1-5H,11H2,(H4,12,13,14,15). The molecule has 2 rings (SSSR count). The summed E-state index contributed by atoms with van der Waals surface area (Å²) in [6, 6.07) is 9.19. The van der Waals surface area contributed by atoms with Crippen molar-refractivity contribution in [2.45, 2.75) is 9.92 Å². The van der Waals surface area contributed by atoms with E-state index in [1.165, 1.54) is 11.8 Å². The highest BCUT2D eigenvalue weighted by atomic mass is 32.2. The summed E-state index contributed by atoms with van der Waals surface area (Å²) in [7, 11) is 0. The van der Waals surface area contributed by atoms with Crippen molar-refractivity contribution in [2.24, 2.45) is 0 Å². The molecule has 0 aliphatic rings. The van der Waals surface area contributed by atoms with E-state index in [0.29, 0.717) is 16.5 Å². The smallest absolute Gasteiger partial charge is 0.223 e. The van der Waals surface area contributed by atoms with Crippen LogP contribution < -0.4 is 17.2 Å². The quantitative estimate of drug-likeness (QED) is 0.534. The molecule has 6 N–H and O–H groups in total. The lowest BCUT2D eigenvalue weighted by molar-refractivity contribution is 1.07. The maximum atomic E-state index is 5.82. The van der Waals surface area contributed by atoms with Crippen molar-refractivity contribution in [1.82, 2.24) is 9.97 Å². The molecule has 0 saturated carbocycles. The zero-order valence-corrected chi connectivity index (χ0v) is 9.24. The fraction of sp³-hybridized carbons (Fsp3) is 0. The highest BCUT2D eigenvalue weighted by Gasteiger charge is 2.04. The van der Waals surface area contributed by atoms with Crippen LogP contribution in [0.15, 0.2) is 40.3 Å². The van der Waals surface area contributed by atoms with Crippen molar-refractivity contribution in [3.63, 3.8) is 0 Å². The molecule has 5 nitrogen and oxygen atoms in total. The molecule has 0 radical (unpaired) electrons. The van der Waals surface area contributed by atoms with Gasteiger partial charge in [0.05, 0.1) is 0 Å². The molecule has 0 aliphatic heterocycles. The number of aromatic nitrogens is 2. The topological polar surface area (TPSA) is 104 Å². The van der Waals surface area contributed by atoms with Gasteiger partial charge >= 0.3 is 0 Å². The molecule has 0 spiro atoms. The molecule has 0 amide bonds. The SMILES string of the molecule is Nc1cc(Sc2ccccc2N)nc(N)n1. The summed E-state index contributed by atoms with van der Waals surface area (Å²) < 4.78 is 0. The largest absolute Gasteiger partial charge is 0.398 e. The molecule has 82 valence electrons. The molecular formula is C10H11N5S. The average Bonchev–Trinajstić information content (AvgIpc) is 2.20. The van der Waals surface area contributed by atoms with E-state index in [4.69, 9.17) is 17.2 Å². The maximum absolute atomic E-state index is 5.82. The third kappa shape index (κ3) is 2.34. The van der Waals surface area contributed by atoms with Crippen LogP contribution in [0.4, 0.5) is 17.5 Å². The lowest BCUT2D eigenvalue weighted by Gasteiger charge is -2.05. The van der Waals surface area contributed by atoms with Gasteiger partial charge in [0.15, 0.2) is 0 Å². The zero-order chi connectivity index (χ0) is 11.5. The molecule has 1 heterocycles. The molecule has 0 atom stereocenters. The molecule has 2 aromatic rings. The van der Waals surface area contributed by atoms with Gasteiger partial charge in [-0.3, -0.25) is 0 Å². The molecule has 0 saturated heterocycles. The van der Waals surface area contributed by atoms with E-state index in [0.717, 1.165) is 4.90 Å². The molecule has 6 heteroatoms. The van der Waals surface area contributed by atoms with Crippen LogP contribution in [0.5, 0.6) is 0 Å². The minimum absolute atomic E-state index is 0.164. The van der Waals surface area contributed by atoms with Crippen LogP contribution in [0.25, 0.3) is 0 Å². The van der Waals surface area contributed by atoms with Crippen molar-refractivity contribution in [3.8, 4) is 0 Å². The zero-order valence-electron chi connectivity index (χ0n) is 8.42. The molecule has 1 aromatic heterocycles. The number of nitrogen functional groups attached to an aromatic ring is 3. The Morgan fingerprint density at radius 3 is 2.44 bits per heavy atom. The third-order valence-corrected chi connectivity index (χ3v) is 2.88. The summed E-state index contributed by atoms with van der Waals surface area (Å²) in [5.74, 6) is 0.515. The first-order valence-electron chi connectivity index (χ1n) is 4.57. The van der Waals surface area contributed by atoms with Gasteiger partial charge in [0.2, 0.25) is 5.95 Å². The second kappa shape index (κ2) is 4.28. The van der Waals surface area contributed by atoms with E-state index in [-0.39, 0.29) is 5.95 Å². The van der Waals surface area contributed by atoms with Crippen LogP contribution in [-0.2, 0) is 0 Å². The average molecular weight is 233 g/mol. The maximum Gasteiger partial charge on any atom is 0.223 e. The number of nitrogens with zero attached hydrogens (tertiary/aromatic N) is 2. The van der Waals surface area contributed by atoms with Gasteiger partial charge in [-0.25, -0.2) is 4.98 Å². The van der Waals surface area contributed by atoms with Crippen LogP contribution in [-0.4, -0.2) is 9.97 Å². The van der Waals surface area contributed by atoms with E-state index in [1.807, 2.05) is 24.3 Å². The lowest BCUT2D eigenvalue weighted by atomic mass is 10.3. The first-order valence-corrected chi connectivity index (χ1v) is 5.39. The van der Waals surface area contributed by atoms with Crippen LogP contribution in [0.1, 0.15) is 0 Å². The second-order valence-electron chi connectivity index (χ2n) is 3.13. The summed E-state index contributed by atoms with van der Waals surface area (Å²) in [5, 5.41) is 0.683. The molecule has 0 bridgehead atoms. The summed E-state index contributed by atoms with van der Waals surface area (Å²) in [6.07, 6.45) is 0. The molecule has 16 heavy (non-hydrogen) atoms. The first kappa shape index (κ1) is 10.6. The van der Waals surface area contributed by atoms with E-state index in [9.17, 15) is 0 Å². The number of nitrogens with two attached hydrogens (primary N) is 3. The predicted molar refractivity (Wildman–Crippen MR) is 65.8 cm³/mol. The normalized spacial score (nSPS) is 10.2. The summed E-state index contributed by atoms with van der Waals surface area (Å²) in [6.45, 7) is 0. The van der Waals surface area contributed by atoms with Gasteiger partial charge in [-0.1, -0.05) is 23.9 Å². The van der Waals surface area contributed by atoms with E-state index >= 15 is 0 Å². The number of hydrogen-bond acceptors (Lipinski definition) is 6. The Bertz CT molecular complexity index is 494. The predicted octanol–water partition coefficient (Wildman–Crippen LogP) is 1.37. The molecule has 0 unspecified atom stereocenters. The Kier molecular flexibility index (Phi) is 2.82. The van der Waals surface area contributed by atoms with Gasteiger partial charge in [0.25, 0.3) is 0 Å². The van der Waals surface area contributed by atoms with Crippen molar-refractivity contribution in [2.75, 3.05) is 17.2 Å². The first-order chi connectivity index (χ1) is 7.65. The number of benzene rings is 1. The Labute approximate surface area is 97.1 Å². The molecule has 1 aromatic carbocycles. The molecule has 0 fully saturated rings. The highest BCUT2D eigenvalue weighted by Crippen LogP contribution is 2.31. The van der Waals surface area contributed by atoms with Crippen LogP contribution in [0, 0.1) is 0 Å². The van der Waals surface area contributed by atoms with Crippen molar-refractivity contribution < 1.29 is 0 Å². The van der Waals surface area contributed by atoms with Gasteiger partial charge in [-0.2, -0.15) is 4.98 Å². The van der Waals surface area contributed by atoms with Gasteiger partial charge < -0.3 is 17.2 Å². The van der Waals surface area contributed by atoms with Crippen LogP contribution >= 0.6 is 11.8 Å². The van der Waals surface area contributed by atoms with Gasteiger partial charge in [0, 0.05) is 16.6 Å². The summed E-state index contributed by atoms with van der Waals surface area (Å²) in [5.41, 5.74) is 17.6. The molecular weight excluding hydrogens is 222 g/mol. The van der Waals surface area contributed by atoms with E-state index in [2.05, 4.69) is 9.97 Å². The fourth-order valence-corrected chi connectivity index (χ4v) is 2.08. The van der Waals surface area contributed by atoms with Crippen LogP contribution in [0.3, 0.4) is 0 Å². The summed E-state index contributed by atoms with van der Waals surface area (Å²) in [4.78, 5) is 8.78. The summed E-state index contributed by atoms with van der Waals surface area (Å²) >= 11 is 1.41. The fourth-order valence-electron chi connectivity index (χ4n) is 1.20. The van der Waals surface area contributed by atoms with E-state index in [1.54, 1.807) is 6.07 Å². The third-order valence-electron chi connectivity index (χ3n) is 1.87. The number of para-hydroxylation sites is 1. The second-order valence-corrected chi connectivity index (χ2v) is 4.19. The van der Waals surface area contributed by atoms with Crippen molar-refractivity contribution in [3.05, 3.63) is 30.3 Å².